The van der Waals surface area contributed by atoms with E-state index in [1.807, 2.05) is 38.1 Å². The number of hydrogen-bond donors (Lipinski definition) is 2. The summed E-state index contributed by atoms with van der Waals surface area (Å²) in [5, 5.41) is 23.7. The largest absolute Gasteiger partial charge is 0.393 e. The number of carbonyl (C=O) groups excluding carboxylic acids is 2. The first-order chi connectivity index (χ1) is 17.4. The van der Waals surface area contributed by atoms with Crippen molar-refractivity contribution in [1.82, 2.24) is 0 Å². The molecule has 2 N–H and O–H groups in total. The molecule has 1 saturated heterocycles. The molecule has 5 aliphatic rings. The summed E-state index contributed by atoms with van der Waals surface area (Å²) >= 11 is 3.50. The number of Topliss-reactive ketones (excluding diaryl/α,β-unsaturated/α-hetero) is 1. The van der Waals surface area contributed by atoms with Crippen LogP contribution < -0.4 is 5.06 Å². The molecule has 1 aliphatic heterocycles. The third kappa shape index (κ3) is 3.07. The number of benzene rings is 1. The summed E-state index contributed by atoms with van der Waals surface area (Å²) in [6.07, 6.45) is 3.59. The van der Waals surface area contributed by atoms with Gasteiger partial charge >= 0.3 is 0 Å². The van der Waals surface area contributed by atoms with Gasteiger partial charge < -0.3 is 10.2 Å². The first kappa shape index (κ1) is 25.4. The van der Waals surface area contributed by atoms with Gasteiger partial charge in [0.15, 0.2) is 17.2 Å². The minimum Gasteiger partial charge on any atom is -0.393 e. The maximum atomic E-state index is 15.8. The fourth-order valence-corrected chi connectivity index (χ4v) is 9.58. The summed E-state index contributed by atoms with van der Waals surface area (Å²) in [6, 6.07) is 7.65. The van der Waals surface area contributed by atoms with Gasteiger partial charge in [-0.1, -0.05) is 48.8 Å². The van der Waals surface area contributed by atoms with Crippen LogP contribution in [0.25, 0.3) is 0 Å². The highest BCUT2D eigenvalue weighted by atomic mass is 79.9. The number of aliphatic hydroxyl groups is 2. The molecule has 3 saturated carbocycles. The van der Waals surface area contributed by atoms with Crippen LogP contribution in [-0.2, 0) is 14.4 Å². The minimum absolute atomic E-state index is 0.182. The summed E-state index contributed by atoms with van der Waals surface area (Å²) in [7, 11) is 0. The molecule has 9 atom stereocenters. The number of rotatable bonds is 3. The van der Waals surface area contributed by atoms with E-state index in [0.717, 1.165) is 10.2 Å². The van der Waals surface area contributed by atoms with Crippen molar-refractivity contribution >= 4 is 33.2 Å². The minimum atomic E-state index is -1.34. The van der Waals surface area contributed by atoms with Gasteiger partial charge in [-0.3, -0.25) is 19.5 Å². The maximum absolute atomic E-state index is 15.8. The van der Waals surface area contributed by atoms with Gasteiger partial charge in [0, 0.05) is 27.1 Å². The number of nitrogens with zero attached hydrogens (tertiary/aromatic N) is 1. The number of aliphatic hydroxyl groups excluding tert-OH is 2. The molecule has 6 rings (SSSR count). The van der Waals surface area contributed by atoms with Gasteiger partial charge in [-0.25, -0.2) is 4.39 Å². The fraction of sp³-hybridized carbons (Fsp3) is 0.586. The maximum Gasteiger partial charge on any atom is 0.193 e. The van der Waals surface area contributed by atoms with E-state index in [4.69, 9.17) is 4.84 Å². The Hall–Kier alpha value is -1.87. The van der Waals surface area contributed by atoms with Crippen LogP contribution in [0.15, 0.2) is 52.5 Å². The topological polar surface area (TPSA) is 87.1 Å². The fourth-order valence-electron chi connectivity index (χ4n) is 9.20. The van der Waals surface area contributed by atoms with Crippen molar-refractivity contribution < 1.29 is 29.0 Å². The number of anilines is 1. The van der Waals surface area contributed by atoms with Gasteiger partial charge in [0.25, 0.3) is 0 Å². The predicted molar refractivity (Wildman–Crippen MR) is 139 cm³/mol. The van der Waals surface area contributed by atoms with Gasteiger partial charge in [0.2, 0.25) is 0 Å². The molecule has 1 heterocycles. The first-order valence-corrected chi connectivity index (χ1v) is 13.8. The lowest BCUT2D eigenvalue weighted by Crippen LogP contribution is -2.67. The Balaban J connectivity index is 1.46. The quantitative estimate of drug-likeness (QED) is 0.559. The summed E-state index contributed by atoms with van der Waals surface area (Å²) in [6.45, 7) is 5.83. The molecule has 0 spiro atoms. The van der Waals surface area contributed by atoms with E-state index in [9.17, 15) is 19.8 Å². The highest BCUT2D eigenvalue weighted by Crippen LogP contribution is 2.76. The molecule has 6 nitrogen and oxygen atoms in total. The Morgan fingerprint density at radius 2 is 2.03 bits per heavy atom. The second-order valence-corrected chi connectivity index (χ2v) is 13.2. The van der Waals surface area contributed by atoms with E-state index < -0.39 is 46.5 Å². The van der Waals surface area contributed by atoms with Crippen LogP contribution in [0, 0.1) is 34.0 Å². The molecule has 198 valence electrons. The van der Waals surface area contributed by atoms with E-state index in [2.05, 4.69) is 22.9 Å². The Morgan fingerprint density at radius 3 is 2.73 bits per heavy atom. The first-order valence-electron chi connectivity index (χ1n) is 13.0. The van der Waals surface area contributed by atoms with Gasteiger partial charge in [0.1, 0.15) is 12.8 Å². The van der Waals surface area contributed by atoms with Gasteiger partial charge in [-0.05, 0) is 66.5 Å². The lowest BCUT2D eigenvalue weighted by Gasteiger charge is -2.64. The number of hydrogen-bond acceptors (Lipinski definition) is 6. The summed E-state index contributed by atoms with van der Waals surface area (Å²) in [4.78, 5) is 32.4. The average Bonchev–Trinajstić information content (AvgIpc) is 3.31. The van der Waals surface area contributed by atoms with E-state index in [0.29, 0.717) is 18.5 Å². The molecule has 0 radical (unpaired) electrons. The normalized spacial score (nSPS) is 46.1. The van der Waals surface area contributed by atoms with E-state index in [1.54, 1.807) is 11.1 Å². The molecule has 4 aliphatic carbocycles. The predicted octanol–water partition coefficient (Wildman–Crippen LogP) is 4.34. The molecule has 8 heteroatoms. The third-order valence-corrected chi connectivity index (χ3v) is 11.4. The summed E-state index contributed by atoms with van der Waals surface area (Å²) < 4.78 is 16.7. The molecule has 4 fully saturated rings. The number of carbonyl (C=O) groups is 2. The van der Waals surface area contributed by atoms with Crippen LogP contribution in [-0.4, -0.2) is 52.8 Å². The zero-order chi connectivity index (χ0) is 26.5. The van der Waals surface area contributed by atoms with Gasteiger partial charge in [-0.2, -0.15) is 0 Å². The number of halogens is 2. The van der Waals surface area contributed by atoms with Crippen molar-refractivity contribution in [2.45, 2.75) is 57.9 Å². The van der Waals surface area contributed by atoms with Gasteiger partial charge in [-0.15, -0.1) is 0 Å². The zero-order valence-electron chi connectivity index (χ0n) is 21.3. The molecular formula is C29H33BrFNO5. The highest BCUT2D eigenvalue weighted by molar-refractivity contribution is 9.10. The number of alkyl halides is 1. The summed E-state index contributed by atoms with van der Waals surface area (Å²) in [5.74, 6) is -1.39. The monoisotopic (exact) mass is 573 g/mol. The Labute approximate surface area is 224 Å². The van der Waals surface area contributed by atoms with E-state index >= 15 is 4.39 Å². The van der Waals surface area contributed by atoms with Crippen molar-refractivity contribution in [3.63, 3.8) is 0 Å². The SMILES string of the molecule is CC12C=CC(=O)C=C1C(F)CC1C2C(O)CC2(C)C1(C)CC1CN(c3cccc(Br)c3)OC12C(=O)CO. The molecule has 1 aromatic rings. The Morgan fingerprint density at radius 1 is 1.27 bits per heavy atom. The smallest absolute Gasteiger partial charge is 0.193 e. The Bertz CT molecular complexity index is 1250. The van der Waals surface area contributed by atoms with Crippen LogP contribution in [0.3, 0.4) is 0 Å². The van der Waals surface area contributed by atoms with E-state index in [1.165, 1.54) is 12.2 Å². The van der Waals surface area contributed by atoms with Gasteiger partial charge in [0.05, 0.1) is 18.3 Å². The molecule has 0 amide bonds. The zero-order valence-corrected chi connectivity index (χ0v) is 22.9. The van der Waals surface area contributed by atoms with Crippen LogP contribution in [0.2, 0.25) is 0 Å². The standard InChI is InChI=1S/C29H33BrFNO5/c1-26-8-7-19(34)10-20(26)22(31)11-21-25(26)23(35)13-28(3)27(21,2)12-16-14-32(18-6-4-5-17(30)9-18)37-29(16,28)24(36)15-33/h4-10,16,21-23,25,33,35H,11-15H2,1-3H3. The van der Waals surface area contributed by atoms with Crippen LogP contribution in [0.4, 0.5) is 10.1 Å². The number of hydroxylamine groups is 1. The average molecular weight is 574 g/mol. The molecule has 0 aromatic heterocycles. The molecule has 9 unspecified atom stereocenters. The van der Waals surface area contributed by atoms with Crippen LogP contribution in [0.1, 0.15) is 40.0 Å². The molecular weight excluding hydrogens is 541 g/mol. The van der Waals surface area contributed by atoms with Crippen molar-refractivity contribution in [2.24, 2.45) is 34.0 Å². The van der Waals surface area contributed by atoms with Crippen molar-refractivity contribution in [1.29, 1.82) is 0 Å². The third-order valence-electron chi connectivity index (χ3n) is 10.9. The number of ketones is 2. The second kappa shape index (κ2) is 8.07. The Kier molecular flexibility index (Phi) is 5.54. The lowest BCUT2D eigenvalue weighted by molar-refractivity contribution is -0.216. The molecule has 0 bridgehead atoms. The van der Waals surface area contributed by atoms with Crippen LogP contribution >= 0.6 is 15.9 Å². The van der Waals surface area contributed by atoms with Crippen LogP contribution in [0.5, 0.6) is 0 Å². The number of allylic oxidation sites excluding steroid dienone is 4. The highest BCUT2D eigenvalue weighted by Gasteiger charge is 2.79. The second-order valence-electron chi connectivity index (χ2n) is 12.3. The van der Waals surface area contributed by atoms with Crippen molar-refractivity contribution in [3.05, 3.63) is 52.5 Å². The number of fused-ring (bicyclic) bond motifs is 7. The van der Waals surface area contributed by atoms with E-state index in [-0.39, 0.29) is 36.4 Å². The molecule has 1 aromatic carbocycles. The molecule has 37 heavy (non-hydrogen) atoms. The van der Waals surface area contributed by atoms with Crippen molar-refractivity contribution in [3.8, 4) is 0 Å². The lowest BCUT2D eigenvalue weighted by atomic mass is 9.41. The summed E-state index contributed by atoms with van der Waals surface area (Å²) in [5.41, 5.74) is -2.26. The van der Waals surface area contributed by atoms with Crippen molar-refractivity contribution in [2.75, 3.05) is 18.2 Å².